The number of hydrogen-bond acceptors (Lipinski definition) is 5. The van der Waals surface area contributed by atoms with Crippen molar-refractivity contribution in [2.45, 2.75) is 23.4 Å². The van der Waals surface area contributed by atoms with Gasteiger partial charge in [0.2, 0.25) is 5.82 Å². The minimum Gasteiger partial charge on any atom is -0.379 e. The summed E-state index contributed by atoms with van der Waals surface area (Å²) in [5.74, 6) is -0.911. The molecule has 2 rings (SSSR count). The van der Waals surface area contributed by atoms with Crippen LogP contribution in [-0.4, -0.2) is 35.0 Å². The summed E-state index contributed by atoms with van der Waals surface area (Å²) < 4.78 is 42.9. The number of nitrogens with zero attached hydrogens (tertiary/aromatic N) is 2. The maximum atomic E-state index is 12.6. The van der Waals surface area contributed by atoms with Crippen LogP contribution in [0, 0.1) is 0 Å². The van der Waals surface area contributed by atoms with Crippen molar-refractivity contribution in [1.29, 1.82) is 0 Å². The third kappa shape index (κ3) is 3.26. The fourth-order valence-electron chi connectivity index (χ4n) is 1.34. The summed E-state index contributed by atoms with van der Waals surface area (Å²) in [5.41, 5.74) is 0. The Kier molecular flexibility index (Phi) is 3.96. The number of ether oxygens (including phenoxy) is 1. The largest absolute Gasteiger partial charge is 0.451 e. The number of halogens is 3. The fourth-order valence-corrected chi connectivity index (χ4v) is 2.33. The number of thioether (sulfide) groups is 1. The van der Waals surface area contributed by atoms with Gasteiger partial charge in [-0.1, -0.05) is 11.8 Å². The van der Waals surface area contributed by atoms with Gasteiger partial charge in [0, 0.05) is 12.6 Å². The Bertz CT molecular complexity index is 423. The van der Waals surface area contributed by atoms with E-state index in [1.54, 1.807) is 6.92 Å². The van der Waals surface area contributed by atoms with E-state index in [0.29, 0.717) is 24.8 Å². The summed E-state index contributed by atoms with van der Waals surface area (Å²) >= 11 is 1.28. The van der Waals surface area contributed by atoms with Crippen LogP contribution in [0.4, 0.5) is 19.0 Å². The highest BCUT2D eigenvalue weighted by Crippen LogP contribution is 2.32. The minimum atomic E-state index is -4.53. The van der Waals surface area contributed by atoms with Crippen LogP contribution in [0.2, 0.25) is 0 Å². The van der Waals surface area contributed by atoms with E-state index in [0.717, 1.165) is 0 Å². The van der Waals surface area contributed by atoms with Crippen molar-refractivity contribution >= 4 is 17.6 Å². The van der Waals surface area contributed by atoms with Crippen molar-refractivity contribution in [3.8, 4) is 0 Å². The van der Waals surface area contributed by atoms with E-state index in [2.05, 4.69) is 15.3 Å². The summed E-state index contributed by atoms with van der Waals surface area (Å²) in [7, 11) is 0. The predicted molar refractivity (Wildman–Crippen MR) is 61.7 cm³/mol. The van der Waals surface area contributed by atoms with E-state index in [1.807, 2.05) is 0 Å². The topological polar surface area (TPSA) is 47.0 Å². The van der Waals surface area contributed by atoms with Crippen LogP contribution in [-0.2, 0) is 10.9 Å². The molecule has 0 spiro atoms. The molecule has 4 nitrogen and oxygen atoms in total. The van der Waals surface area contributed by atoms with Gasteiger partial charge in [0.15, 0.2) is 0 Å². The van der Waals surface area contributed by atoms with Crippen LogP contribution in [0.15, 0.2) is 11.1 Å². The lowest BCUT2D eigenvalue weighted by Crippen LogP contribution is -2.30. The summed E-state index contributed by atoms with van der Waals surface area (Å²) in [4.78, 5) is 6.99. The normalized spacial score (nSPS) is 16.4. The number of hydrogen-bond donors (Lipinski definition) is 1. The molecular formula is C10H12F3N3OS. The Morgan fingerprint density at radius 3 is 2.67 bits per heavy atom. The minimum absolute atomic E-state index is 0.176. The molecule has 100 valence electrons. The highest BCUT2D eigenvalue weighted by atomic mass is 32.2. The molecule has 1 aliphatic rings. The zero-order valence-electron chi connectivity index (χ0n) is 9.62. The number of nitrogens with one attached hydrogen (secondary N) is 1. The highest BCUT2D eigenvalue weighted by Gasteiger charge is 2.35. The molecule has 0 bridgehead atoms. The Morgan fingerprint density at radius 2 is 2.17 bits per heavy atom. The van der Waals surface area contributed by atoms with E-state index in [-0.39, 0.29) is 11.1 Å². The Hall–Kier alpha value is -1.02. The zero-order chi connectivity index (χ0) is 13.2. The standard InChI is InChI=1S/C10H12F3N3OS/c1-2-14-7-3-8(18-6-4-17-5-6)16-9(15-7)10(11,12)13/h3,6H,2,4-5H2,1H3,(H,14,15,16). The van der Waals surface area contributed by atoms with Crippen LogP contribution in [0.25, 0.3) is 0 Å². The third-order valence-electron chi connectivity index (χ3n) is 2.21. The van der Waals surface area contributed by atoms with Gasteiger partial charge in [0.05, 0.1) is 18.5 Å². The average molecular weight is 279 g/mol. The first kappa shape index (κ1) is 13.4. The smallest absolute Gasteiger partial charge is 0.379 e. The molecule has 0 aliphatic carbocycles. The van der Waals surface area contributed by atoms with Gasteiger partial charge in [0.1, 0.15) is 10.8 Å². The molecule has 1 aromatic heterocycles. The second-order valence-electron chi connectivity index (χ2n) is 3.72. The quantitative estimate of drug-likeness (QED) is 0.858. The van der Waals surface area contributed by atoms with Gasteiger partial charge in [-0.2, -0.15) is 13.2 Å². The fraction of sp³-hybridized carbons (Fsp3) is 0.600. The molecule has 0 atom stereocenters. The van der Waals surface area contributed by atoms with E-state index < -0.39 is 12.0 Å². The Labute approximate surface area is 106 Å². The van der Waals surface area contributed by atoms with Crippen molar-refractivity contribution in [2.24, 2.45) is 0 Å². The van der Waals surface area contributed by atoms with Crippen molar-refractivity contribution in [1.82, 2.24) is 9.97 Å². The van der Waals surface area contributed by atoms with Gasteiger partial charge >= 0.3 is 6.18 Å². The molecule has 18 heavy (non-hydrogen) atoms. The van der Waals surface area contributed by atoms with Gasteiger partial charge in [-0.05, 0) is 6.92 Å². The molecule has 0 unspecified atom stereocenters. The zero-order valence-corrected chi connectivity index (χ0v) is 10.4. The number of alkyl halides is 3. The van der Waals surface area contributed by atoms with Gasteiger partial charge in [-0.3, -0.25) is 0 Å². The van der Waals surface area contributed by atoms with E-state index in [9.17, 15) is 13.2 Å². The second-order valence-corrected chi connectivity index (χ2v) is 5.04. The average Bonchev–Trinajstić information content (AvgIpc) is 2.23. The molecule has 1 aliphatic heterocycles. The summed E-state index contributed by atoms with van der Waals surface area (Å²) in [5, 5.41) is 3.27. The van der Waals surface area contributed by atoms with Crippen LogP contribution < -0.4 is 5.32 Å². The molecule has 0 aromatic carbocycles. The highest BCUT2D eigenvalue weighted by molar-refractivity contribution is 8.00. The second kappa shape index (κ2) is 5.31. The molecule has 0 amide bonds. The van der Waals surface area contributed by atoms with Crippen LogP contribution in [0.1, 0.15) is 12.7 Å². The lowest BCUT2D eigenvalue weighted by Gasteiger charge is -2.25. The molecule has 0 radical (unpaired) electrons. The Morgan fingerprint density at radius 1 is 1.44 bits per heavy atom. The summed E-state index contributed by atoms with van der Waals surface area (Å²) in [6.07, 6.45) is -4.53. The molecule has 8 heteroatoms. The molecule has 1 aromatic rings. The molecular weight excluding hydrogens is 267 g/mol. The summed E-state index contributed by atoms with van der Waals surface area (Å²) in [6.45, 7) is 3.39. The monoisotopic (exact) mass is 279 g/mol. The van der Waals surface area contributed by atoms with Gasteiger partial charge in [0.25, 0.3) is 0 Å². The third-order valence-corrected chi connectivity index (χ3v) is 3.27. The lowest BCUT2D eigenvalue weighted by atomic mass is 10.4. The van der Waals surface area contributed by atoms with Crippen molar-refractivity contribution < 1.29 is 17.9 Å². The van der Waals surface area contributed by atoms with Crippen LogP contribution in [0.3, 0.4) is 0 Å². The maximum Gasteiger partial charge on any atom is 0.451 e. The molecule has 2 heterocycles. The first-order chi connectivity index (χ1) is 8.49. The van der Waals surface area contributed by atoms with E-state index in [1.165, 1.54) is 17.8 Å². The molecule has 1 fully saturated rings. The van der Waals surface area contributed by atoms with Crippen LogP contribution in [0.5, 0.6) is 0 Å². The predicted octanol–water partition coefficient (Wildman–Crippen LogP) is 2.42. The number of rotatable bonds is 4. The van der Waals surface area contributed by atoms with E-state index in [4.69, 9.17) is 4.74 Å². The number of anilines is 1. The first-order valence-electron chi connectivity index (χ1n) is 5.43. The van der Waals surface area contributed by atoms with Crippen molar-refractivity contribution in [3.63, 3.8) is 0 Å². The molecule has 1 saturated heterocycles. The lowest BCUT2D eigenvalue weighted by molar-refractivity contribution is -0.145. The molecule has 0 saturated carbocycles. The van der Waals surface area contributed by atoms with Gasteiger partial charge < -0.3 is 10.1 Å². The summed E-state index contributed by atoms with van der Waals surface area (Å²) in [6, 6.07) is 1.53. The first-order valence-corrected chi connectivity index (χ1v) is 6.31. The molecule has 1 N–H and O–H groups in total. The van der Waals surface area contributed by atoms with Crippen molar-refractivity contribution in [3.05, 3.63) is 11.9 Å². The SMILES string of the molecule is CCNc1cc(SC2COC2)nc(C(F)(F)F)n1. The number of aromatic nitrogens is 2. The van der Waals surface area contributed by atoms with Crippen LogP contribution >= 0.6 is 11.8 Å². The van der Waals surface area contributed by atoms with E-state index >= 15 is 0 Å². The van der Waals surface area contributed by atoms with Crippen molar-refractivity contribution in [2.75, 3.05) is 25.1 Å². The van der Waals surface area contributed by atoms with Gasteiger partial charge in [-0.25, -0.2) is 9.97 Å². The maximum absolute atomic E-state index is 12.6. The Balaban J connectivity index is 2.23. The van der Waals surface area contributed by atoms with Gasteiger partial charge in [-0.15, -0.1) is 0 Å².